The number of phosphoric ester groups is 2. The van der Waals surface area contributed by atoms with Crippen molar-refractivity contribution in [1.29, 1.82) is 0 Å². The van der Waals surface area contributed by atoms with E-state index < -0.39 is 97.5 Å². The maximum atomic E-state index is 13.0. The van der Waals surface area contributed by atoms with Gasteiger partial charge in [-0.05, 0) is 43.4 Å². The number of unbranched alkanes of at least 4 members (excludes halogenated alkanes) is 27. The minimum absolute atomic E-state index is 0.102. The van der Waals surface area contributed by atoms with Crippen LogP contribution in [0.15, 0.2) is 0 Å². The lowest BCUT2D eigenvalue weighted by molar-refractivity contribution is -0.161. The molecule has 492 valence electrons. The lowest BCUT2D eigenvalue weighted by atomic mass is 9.99. The third kappa shape index (κ3) is 55.1. The molecule has 0 aliphatic heterocycles. The topological polar surface area (TPSA) is 237 Å². The maximum Gasteiger partial charge on any atom is 0.472 e. The molecule has 3 N–H and O–H groups in total. The Labute approximate surface area is 505 Å². The van der Waals surface area contributed by atoms with Gasteiger partial charge in [-0.2, -0.15) is 0 Å². The van der Waals surface area contributed by atoms with E-state index >= 15 is 0 Å². The van der Waals surface area contributed by atoms with E-state index in [1.54, 1.807) is 0 Å². The van der Waals surface area contributed by atoms with Crippen molar-refractivity contribution in [2.45, 2.75) is 330 Å². The average molecular weight is 1230 g/mol. The molecule has 5 unspecified atom stereocenters. The van der Waals surface area contributed by atoms with E-state index in [0.29, 0.717) is 25.7 Å². The molecule has 0 aromatic rings. The minimum atomic E-state index is -4.95. The van der Waals surface area contributed by atoms with E-state index in [2.05, 4.69) is 48.5 Å². The van der Waals surface area contributed by atoms with Gasteiger partial charge in [-0.3, -0.25) is 37.3 Å². The van der Waals surface area contributed by atoms with Crippen LogP contribution in [0.2, 0.25) is 0 Å². The van der Waals surface area contributed by atoms with E-state index in [0.717, 1.165) is 114 Å². The van der Waals surface area contributed by atoms with Gasteiger partial charge >= 0.3 is 39.5 Å². The van der Waals surface area contributed by atoms with Gasteiger partial charge < -0.3 is 33.8 Å². The normalized spacial score (nSPS) is 15.3. The Hall–Kier alpha value is -1.94. The first-order valence-corrected chi connectivity index (χ1v) is 36.5. The molecule has 0 aromatic heterocycles. The summed E-state index contributed by atoms with van der Waals surface area (Å²) in [5.41, 5.74) is 0. The number of rotatable bonds is 62. The fourth-order valence-electron chi connectivity index (χ4n) is 9.38. The molecule has 19 heteroatoms. The first kappa shape index (κ1) is 81.1. The first-order valence-electron chi connectivity index (χ1n) is 33.5. The molecule has 17 nitrogen and oxygen atoms in total. The summed E-state index contributed by atoms with van der Waals surface area (Å²) in [6.07, 6.45) is 36.4. The molecule has 0 aliphatic rings. The quantitative estimate of drug-likeness (QED) is 0.0222. The minimum Gasteiger partial charge on any atom is -0.462 e. The number of aliphatic hydroxyl groups is 1. The predicted octanol–water partition coefficient (Wildman–Crippen LogP) is 17.5. The highest BCUT2D eigenvalue weighted by Gasteiger charge is 2.30. The molecule has 0 heterocycles. The number of phosphoric acid groups is 2. The number of ether oxygens (including phenoxy) is 4. The van der Waals surface area contributed by atoms with Crippen LogP contribution in [0.25, 0.3) is 0 Å². The van der Waals surface area contributed by atoms with Crippen LogP contribution in [0.5, 0.6) is 0 Å². The summed E-state index contributed by atoms with van der Waals surface area (Å²) in [5, 5.41) is 10.5. The van der Waals surface area contributed by atoms with Gasteiger partial charge in [0, 0.05) is 25.7 Å². The number of hydrogen-bond donors (Lipinski definition) is 3. The Morgan fingerprint density at radius 1 is 0.337 bits per heavy atom. The van der Waals surface area contributed by atoms with Crippen molar-refractivity contribution in [1.82, 2.24) is 0 Å². The molecule has 8 atom stereocenters. The highest BCUT2D eigenvalue weighted by molar-refractivity contribution is 7.47. The SMILES string of the molecule is CCCCCCCC(=O)OC[C@H](COP(=O)(O)OC[C@H](O)COP(=O)(O)OC[C@@H](COC(=O)CCCCCCCCCCCCC(C)CC)OC(=O)CCCCCCCCCCCCC(C)CC)OC(=O)CCCCCCCCC(C)CC. The molecule has 0 aromatic carbocycles. The van der Waals surface area contributed by atoms with Gasteiger partial charge in [-0.25, -0.2) is 9.13 Å². The Kier molecular flexibility index (Phi) is 54.1. The molecular weight excluding hydrogens is 1100 g/mol. The molecule has 0 saturated carbocycles. The van der Waals surface area contributed by atoms with Gasteiger partial charge in [0.2, 0.25) is 0 Å². The molecule has 0 saturated heterocycles. The second-order valence-electron chi connectivity index (χ2n) is 23.9. The van der Waals surface area contributed by atoms with Crippen molar-refractivity contribution in [2.75, 3.05) is 39.6 Å². The summed E-state index contributed by atoms with van der Waals surface area (Å²) in [7, 11) is -9.88. The summed E-state index contributed by atoms with van der Waals surface area (Å²) in [4.78, 5) is 72.0. The van der Waals surface area contributed by atoms with Crippen LogP contribution in [-0.2, 0) is 65.4 Å². The second-order valence-corrected chi connectivity index (χ2v) is 26.8. The van der Waals surface area contributed by atoms with Crippen LogP contribution in [0, 0.1) is 17.8 Å². The van der Waals surface area contributed by atoms with Gasteiger partial charge in [0.25, 0.3) is 0 Å². The molecule has 0 rings (SSSR count). The van der Waals surface area contributed by atoms with Crippen molar-refractivity contribution >= 4 is 39.5 Å². The van der Waals surface area contributed by atoms with Gasteiger partial charge in [0.1, 0.15) is 19.3 Å². The van der Waals surface area contributed by atoms with E-state index in [1.165, 1.54) is 116 Å². The van der Waals surface area contributed by atoms with Crippen molar-refractivity contribution in [3.05, 3.63) is 0 Å². The standard InChI is InChI=1S/C64H124O17P2/c1-8-12-13-28-38-45-61(66)74-51-59(81-64(69)48-41-34-27-26-31-37-44-57(7)11-4)53-78-82(70,71)76-49-58(65)50-77-83(72,73)79-54-60(80-63(68)47-40-33-25-21-17-15-19-23-30-36-43-56(6)10-3)52-75-62(67)46-39-32-24-20-16-14-18-22-29-35-42-55(5)9-2/h55-60,65H,8-54H2,1-7H3,(H,70,71)(H,72,73)/t55?,56?,57?,58-,59+,60+/m0/s1. The van der Waals surface area contributed by atoms with Crippen molar-refractivity contribution < 1.29 is 80.2 Å². The molecule has 0 aliphatic carbocycles. The van der Waals surface area contributed by atoms with E-state index in [-0.39, 0.29) is 25.7 Å². The molecule has 0 radical (unpaired) electrons. The fraction of sp³-hybridized carbons (Fsp3) is 0.938. The largest absolute Gasteiger partial charge is 0.472 e. The van der Waals surface area contributed by atoms with Crippen molar-refractivity contribution in [3.8, 4) is 0 Å². The Balaban J connectivity index is 5.20. The number of aliphatic hydroxyl groups excluding tert-OH is 1. The van der Waals surface area contributed by atoms with Crippen LogP contribution in [-0.4, -0.2) is 96.7 Å². The smallest absolute Gasteiger partial charge is 0.462 e. The molecule has 83 heavy (non-hydrogen) atoms. The van der Waals surface area contributed by atoms with Gasteiger partial charge in [0.05, 0.1) is 26.4 Å². The number of carbonyl (C=O) groups excluding carboxylic acids is 4. The summed E-state index contributed by atoms with van der Waals surface area (Å²) >= 11 is 0. The van der Waals surface area contributed by atoms with Crippen LogP contribution in [0.1, 0.15) is 312 Å². The zero-order valence-electron chi connectivity index (χ0n) is 53.6. The Bertz CT molecular complexity index is 1650. The fourth-order valence-corrected chi connectivity index (χ4v) is 11.0. The first-order chi connectivity index (χ1) is 39.8. The zero-order valence-corrected chi connectivity index (χ0v) is 55.4. The molecular formula is C64H124O17P2. The summed E-state index contributed by atoms with van der Waals surface area (Å²) < 4.78 is 67.8. The predicted molar refractivity (Wildman–Crippen MR) is 331 cm³/mol. The Morgan fingerprint density at radius 2 is 0.578 bits per heavy atom. The highest BCUT2D eigenvalue weighted by atomic mass is 31.2. The summed E-state index contributed by atoms with van der Waals surface area (Å²) in [5.74, 6) is 0.185. The molecule has 0 amide bonds. The molecule has 0 bridgehead atoms. The van der Waals surface area contributed by atoms with Gasteiger partial charge in [0.15, 0.2) is 12.2 Å². The maximum absolute atomic E-state index is 13.0. The van der Waals surface area contributed by atoms with Crippen LogP contribution < -0.4 is 0 Å². The van der Waals surface area contributed by atoms with Gasteiger partial charge in [-0.1, -0.05) is 260 Å². The average Bonchev–Trinajstić information content (AvgIpc) is 3.48. The summed E-state index contributed by atoms with van der Waals surface area (Å²) in [6.45, 7) is 11.7. The van der Waals surface area contributed by atoms with Crippen molar-refractivity contribution in [3.63, 3.8) is 0 Å². The number of hydrogen-bond acceptors (Lipinski definition) is 15. The second kappa shape index (κ2) is 55.4. The zero-order chi connectivity index (χ0) is 61.7. The van der Waals surface area contributed by atoms with Crippen LogP contribution >= 0.6 is 15.6 Å². The van der Waals surface area contributed by atoms with Crippen LogP contribution in [0.4, 0.5) is 0 Å². The van der Waals surface area contributed by atoms with Crippen LogP contribution in [0.3, 0.4) is 0 Å². The monoisotopic (exact) mass is 1230 g/mol. The third-order valence-corrected chi connectivity index (χ3v) is 17.6. The van der Waals surface area contributed by atoms with E-state index in [9.17, 15) is 43.2 Å². The number of carbonyl (C=O) groups is 4. The van der Waals surface area contributed by atoms with E-state index in [4.69, 9.17) is 37.0 Å². The molecule has 0 fully saturated rings. The van der Waals surface area contributed by atoms with Crippen molar-refractivity contribution in [2.24, 2.45) is 17.8 Å². The highest BCUT2D eigenvalue weighted by Crippen LogP contribution is 2.45. The van der Waals surface area contributed by atoms with Gasteiger partial charge in [-0.15, -0.1) is 0 Å². The summed E-state index contributed by atoms with van der Waals surface area (Å²) in [6, 6.07) is 0. The molecule has 0 spiro atoms. The Morgan fingerprint density at radius 3 is 0.855 bits per heavy atom. The lowest BCUT2D eigenvalue weighted by Crippen LogP contribution is -2.30. The number of esters is 4. The van der Waals surface area contributed by atoms with E-state index in [1.807, 2.05) is 0 Å². The lowest BCUT2D eigenvalue weighted by Gasteiger charge is -2.21. The third-order valence-electron chi connectivity index (χ3n) is 15.7.